The molecule has 6 heteroatoms. The van der Waals surface area contributed by atoms with Crippen molar-refractivity contribution in [2.75, 3.05) is 0 Å². The predicted octanol–water partition coefficient (Wildman–Crippen LogP) is 4.85. The number of thiophene rings is 1. The summed E-state index contributed by atoms with van der Waals surface area (Å²) < 4.78 is 0. The number of rotatable bonds is 3. The standard InChI is InChI=1S/C24H27N3OS2/c28-24(21-7-4-8-30-21)15-20(19-5-2-1-3-6-19)26-27(24)22(29)25-23-12-16-9-17(13-23)11-18(10-16)14-23/h1-8,16-18,28H,9-15H2,(H,25,29). The van der Waals surface area contributed by atoms with Crippen LogP contribution in [-0.4, -0.2) is 26.5 Å². The molecule has 0 saturated heterocycles. The molecule has 5 aliphatic rings. The number of hydrogen-bond acceptors (Lipinski definition) is 4. The molecule has 1 aromatic carbocycles. The highest BCUT2D eigenvalue weighted by molar-refractivity contribution is 7.80. The summed E-state index contributed by atoms with van der Waals surface area (Å²) in [5, 5.41) is 24.7. The topological polar surface area (TPSA) is 47.9 Å². The lowest BCUT2D eigenvalue weighted by molar-refractivity contribution is -0.0593. The fourth-order valence-corrected chi connectivity index (χ4v) is 8.01. The minimum Gasteiger partial charge on any atom is -0.364 e. The normalized spacial score (nSPS) is 36.8. The molecular formula is C24H27N3OS2. The van der Waals surface area contributed by atoms with Crippen LogP contribution in [0.3, 0.4) is 0 Å². The molecule has 4 fully saturated rings. The maximum absolute atomic E-state index is 11.8. The molecule has 7 rings (SSSR count). The van der Waals surface area contributed by atoms with Crippen LogP contribution in [0.15, 0.2) is 52.9 Å². The molecule has 1 aliphatic heterocycles. The molecule has 156 valence electrons. The lowest BCUT2D eigenvalue weighted by Crippen LogP contribution is -2.62. The molecule has 4 saturated carbocycles. The minimum atomic E-state index is -1.23. The van der Waals surface area contributed by atoms with Gasteiger partial charge in [0.2, 0.25) is 5.72 Å². The molecule has 2 heterocycles. The van der Waals surface area contributed by atoms with E-state index in [9.17, 15) is 5.11 Å². The van der Waals surface area contributed by atoms with Crippen molar-refractivity contribution in [2.24, 2.45) is 22.9 Å². The molecule has 4 nitrogen and oxygen atoms in total. The van der Waals surface area contributed by atoms with Crippen LogP contribution in [0.1, 0.15) is 55.4 Å². The smallest absolute Gasteiger partial charge is 0.202 e. The van der Waals surface area contributed by atoms with E-state index in [1.165, 1.54) is 38.5 Å². The van der Waals surface area contributed by atoms with Gasteiger partial charge >= 0.3 is 0 Å². The molecule has 1 aromatic heterocycles. The average molecular weight is 438 g/mol. The Morgan fingerprint density at radius 1 is 1.03 bits per heavy atom. The Hall–Kier alpha value is -1.76. The van der Waals surface area contributed by atoms with E-state index < -0.39 is 5.72 Å². The Morgan fingerprint density at radius 3 is 2.30 bits per heavy atom. The summed E-state index contributed by atoms with van der Waals surface area (Å²) in [7, 11) is 0. The second-order valence-electron chi connectivity index (χ2n) is 9.82. The highest BCUT2D eigenvalue weighted by atomic mass is 32.1. The molecule has 2 N–H and O–H groups in total. The van der Waals surface area contributed by atoms with Gasteiger partial charge in [-0.3, -0.25) is 0 Å². The highest BCUT2D eigenvalue weighted by Gasteiger charge is 2.53. The van der Waals surface area contributed by atoms with Gasteiger partial charge in [-0.2, -0.15) is 5.10 Å². The maximum Gasteiger partial charge on any atom is 0.202 e. The van der Waals surface area contributed by atoms with Crippen molar-refractivity contribution in [3.8, 4) is 0 Å². The van der Waals surface area contributed by atoms with E-state index in [2.05, 4.69) is 5.32 Å². The fourth-order valence-electron chi connectivity index (χ4n) is 6.79. The summed E-state index contributed by atoms with van der Waals surface area (Å²) in [4.78, 5) is 0.881. The first kappa shape index (κ1) is 19.0. The fraction of sp³-hybridized carbons (Fsp3) is 0.500. The van der Waals surface area contributed by atoms with Gasteiger partial charge in [0, 0.05) is 12.0 Å². The van der Waals surface area contributed by atoms with Crippen molar-refractivity contribution in [1.29, 1.82) is 0 Å². The summed E-state index contributed by atoms with van der Waals surface area (Å²) in [6.07, 6.45) is 8.24. The SMILES string of the molecule is OC1(c2cccs2)CC(c2ccccc2)=NN1C(=S)NC12CC3CC(CC(C3)C1)C2. The predicted molar refractivity (Wildman–Crippen MR) is 124 cm³/mol. The number of hydrazone groups is 1. The van der Waals surface area contributed by atoms with Gasteiger partial charge in [0.15, 0.2) is 5.11 Å². The van der Waals surface area contributed by atoms with E-state index in [-0.39, 0.29) is 5.54 Å². The number of hydrogen-bond donors (Lipinski definition) is 2. The lowest BCUT2D eigenvalue weighted by atomic mass is 9.53. The first-order chi connectivity index (χ1) is 14.5. The van der Waals surface area contributed by atoms with Gasteiger partial charge in [-0.15, -0.1) is 11.3 Å². The Labute approximate surface area is 187 Å². The van der Waals surface area contributed by atoms with Gasteiger partial charge in [0.05, 0.1) is 10.6 Å². The molecule has 0 spiro atoms. The second kappa shape index (κ2) is 6.87. The van der Waals surface area contributed by atoms with E-state index in [0.717, 1.165) is 33.9 Å². The van der Waals surface area contributed by atoms with Crippen LogP contribution in [0.5, 0.6) is 0 Å². The monoisotopic (exact) mass is 437 g/mol. The average Bonchev–Trinajstić information content (AvgIpc) is 3.36. The number of nitrogens with zero attached hydrogens (tertiary/aromatic N) is 2. The molecule has 1 atom stereocenters. The highest BCUT2D eigenvalue weighted by Crippen LogP contribution is 2.55. The van der Waals surface area contributed by atoms with Crippen molar-refractivity contribution in [2.45, 2.75) is 56.2 Å². The number of thiocarbonyl (C=S) groups is 1. The minimum absolute atomic E-state index is 0.0905. The second-order valence-corrected chi connectivity index (χ2v) is 11.2. The first-order valence-corrected chi connectivity index (χ1v) is 12.3. The maximum atomic E-state index is 11.8. The van der Waals surface area contributed by atoms with Gasteiger partial charge < -0.3 is 10.4 Å². The summed E-state index contributed by atoms with van der Waals surface area (Å²) in [5.74, 6) is 2.51. The molecule has 4 aliphatic carbocycles. The largest absolute Gasteiger partial charge is 0.364 e. The molecular weight excluding hydrogens is 410 g/mol. The van der Waals surface area contributed by atoms with Gasteiger partial charge in [-0.05, 0) is 85.5 Å². The third-order valence-electron chi connectivity index (χ3n) is 7.61. The molecule has 0 amide bonds. The zero-order valence-electron chi connectivity index (χ0n) is 17.0. The summed E-state index contributed by atoms with van der Waals surface area (Å²) >= 11 is 7.48. The number of nitrogens with one attached hydrogen (secondary N) is 1. The zero-order chi connectivity index (χ0) is 20.3. The number of benzene rings is 1. The van der Waals surface area contributed by atoms with E-state index in [4.69, 9.17) is 17.3 Å². The van der Waals surface area contributed by atoms with Crippen molar-refractivity contribution in [3.05, 3.63) is 58.3 Å². The third-order valence-corrected chi connectivity index (χ3v) is 8.90. The zero-order valence-corrected chi connectivity index (χ0v) is 18.6. The Bertz CT molecular complexity index is 952. The van der Waals surface area contributed by atoms with Crippen molar-refractivity contribution >= 4 is 34.4 Å². The summed E-state index contributed by atoms with van der Waals surface area (Å²) in [5.41, 5.74) is 0.771. The molecule has 30 heavy (non-hydrogen) atoms. The molecule has 4 bridgehead atoms. The van der Waals surface area contributed by atoms with Crippen LogP contribution in [0.25, 0.3) is 0 Å². The van der Waals surface area contributed by atoms with Crippen molar-refractivity contribution < 1.29 is 5.11 Å². The van der Waals surface area contributed by atoms with Gasteiger partial charge in [-0.1, -0.05) is 36.4 Å². The molecule has 2 aromatic rings. The first-order valence-electron chi connectivity index (χ1n) is 11.0. The summed E-state index contributed by atoms with van der Waals surface area (Å²) in [6, 6.07) is 14.1. The Balaban J connectivity index is 1.32. The quantitative estimate of drug-likeness (QED) is 0.674. The van der Waals surface area contributed by atoms with E-state index in [1.54, 1.807) is 16.3 Å². The molecule has 0 radical (unpaired) electrons. The van der Waals surface area contributed by atoms with Gasteiger partial charge in [0.1, 0.15) is 0 Å². The lowest BCUT2D eigenvalue weighted by Gasteiger charge is -2.57. The van der Waals surface area contributed by atoms with Gasteiger partial charge in [0.25, 0.3) is 0 Å². The summed E-state index contributed by atoms with van der Waals surface area (Å²) in [6.45, 7) is 0. The van der Waals surface area contributed by atoms with Crippen LogP contribution in [0, 0.1) is 17.8 Å². The van der Waals surface area contributed by atoms with Crippen molar-refractivity contribution in [3.63, 3.8) is 0 Å². The van der Waals surface area contributed by atoms with Crippen LogP contribution in [-0.2, 0) is 5.72 Å². The third kappa shape index (κ3) is 3.03. The van der Waals surface area contributed by atoms with E-state index in [1.807, 2.05) is 47.8 Å². The van der Waals surface area contributed by atoms with Crippen LogP contribution in [0.4, 0.5) is 0 Å². The van der Waals surface area contributed by atoms with Crippen LogP contribution >= 0.6 is 23.6 Å². The van der Waals surface area contributed by atoms with Crippen LogP contribution in [0.2, 0.25) is 0 Å². The van der Waals surface area contributed by atoms with Crippen LogP contribution < -0.4 is 5.32 Å². The Morgan fingerprint density at radius 2 is 1.70 bits per heavy atom. The molecule has 1 unspecified atom stereocenters. The van der Waals surface area contributed by atoms with Gasteiger partial charge in [-0.25, -0.2) is 5.01 Å². The van der Waals surface area contributed by atoms with Crippen molar-refractivity contribution in [1.82, 2.24) is 10.3 Å². The number of aliphatic hydroxyl groups is 1. The van der Waals surface area contributed by atoms with E-state index >= 15 is 0 Å². The Kier molecular flexibility index (Phi) is 4.34. The van der Waals surface area contributed by atoms with E-state index in [0.29, 0.717) is 11.5 Å².